The Balaban J connectivity index is 1.54. The molecule has 5 nitrogen and oxygen atoms in total. The van der Waals surface area contributed by atoms with Crippen molar-refractivity contribution < 1.29 is 9.47 Å². The summed E-state index contributed by atoms with van der Waals surface area (Å²) in [6.07, 6.45) is 2.81. The van der Waals surface area contributed by atoms with Gasteiger partial charge in [-0.1, -0.05) is 12.1 Å². The molecule has 3 rings (SSSR count). The normalized spacial score (nSPS) is 10.8. The molecule has 0 atom stereocenters. The zero-order valence-electron chi connectivity index (χ0n) is 13.8. The van der Waals surface area contributed by atoms with E-state index < -0.39 is 0 Å². The van der Waals surface area contributed by atoms with E-state index in [1.807, 2.05) is 18.3 Å². The molecular weight excluding hydrogens is 322 g/mol. The molecule has 2 heterocycles. The van der Waals surface area contributed by atoms with E-state index in [0.717, 1.165) is 36.7 Å². The third kappa shape index (κ3) is 3.77. The van der Waals surface area contributed by atoms with E-state index in [4.69, 9.17) is 9.47 Å². The highest BCUT2D eigenvalue weighted by molar-refractivity contribution is 7.13. The van der Waals surface area contributed by atoms with E-state index >= 15 is 0 Å². The minimum Gasteiger partial charge on any atom is -0.493 e. The van der Waals surface area contributed by atoms with E-state index in [9.17, 15) is 0 Å². The molecule has 0 unspecified atom stereocenters. The summed E-state index contributed by atoms with van der Waals surface area (Å²) in [4.78, 5) is 1.21. The van der Waals surface area contributed by atoms with Gasteiger partial charge in [-0.15, -0.1) is 11.3 Å². The molecule has 0 bridgehead atoms. The van der Waals surface area contributed by atoms with Crippen molar-refractivity contribution in [3.8, 4) is 22.1 Å². The van der Waals surface area contributed by atoms with Gasteiger partial charge in [0.1, 0.15) is 0 Å². The van der Waals surface area contributed by atoms with Crippen molar-refractivity contribution in [1.82, 2.24) is 15.5 Å². The van der Waals surface area contributed by atoms with Crippen molar-refractivity contribution in [1.29, 1.82) is 0 Å². The van der Waals surface area contributed by atoms with Crippen LogP contribution in [0.4, 0.5) is 0 Å². The summed E-state index contributed by atoms with van der Waals surface area (Å²) in [6.45, 7) is 1.67. The molecule has 2 N–H and O–H groups in total. The van der Waals surface area contributed by atoms with Crippen LogP contribution in [0.3, 0.4) is 0 Å². The molecule has 0 saturated heterocycles. The van der Waals surface area contributed by atoms with Gasteiger partial charge in [-0.3, -0.25) is 5.10 Å². The summed E-state index contributed by atoms with van der Waals surface area (Å²) in [5.41, 5.74) is 3.50. The van der Waals surface area contributed by atoms with Gasteiger partial charge >= 0.3 is 0 Å². The van der Waals surface area contributed by atoms with Crippen LogP contribution in [-0.4, -0.2) is 31.0 Å². The van der Waals surface area contributed by atoms with E-state index in [1.165, 1.54) is 16.0 Å². The number of nitrogens with zero attached hydrogens (tertiary/aromatic N) is 1. The second-order valence-electron chi connectivity index (χ2n) is 5.36. The van der Waals surface area contributed by atoms with Gasteiger partial charge in [0.2, 0.25) is 0 Å². The van der Waals surface area contributed by atoms with Crippen LogP contribution < -0.4 is 14.8 Å². The summed E-state index contributed by atoms with van der Waals surface area (Å²) >= 11 is 1.71. The van der Waals surface area contributed by atoms with Gasteiger partial charge in [0.05, 0.1) is 31.0 Å². The van der Waals surface area contributed by atoms with Gasteiger partial charge in [0.25, 0.3) is 0 Å². The standard InChI is InChI=1S/C18H21N3O2S/c1-22-15-6-5-13(10-16(15)23-2)7-8-19-11-14-12-20-21-18(14)17-4-3-9-24-17/h3-6,9-10,12,19H,7-8,11H2,1-2H3,(H,20,21). The van der Waals surface area contributed by atoms with E-state index in [2.05, 4.69) is 39.1 Å². The lowest BCUT2D eigenvalue weighted by atomic mass is 10.1. The monoisotopic (exact) mass is 343 g/mol. The number of H-pyrrole nitrogens is 1. The number of benzene rings is 1. The number of methoxy groups -OCH3 is 2. The molecule has 0 radical (unpaired) electrons. The summed E-state index contributed by atoms with van der Waals surface area (Å²) in [5.74, 6) is 1.53. The average Bonchev–Trinajstić information content (AvgIpc) is 3.29. The molecule has 6 heteroatoms. The van der Waals surface area contributed by atoms with Gasteiger partial charge in [-0.25, -0.2) is 0 Å². The van der Waals surface area contributed by atoms with Crippen LogP contribution in [0.15, 0.2) is 41.9 Å². The lowest BCUT2D eigenvalue weighted by Crippen LogP contribution is -2.16. The highest BCUT2D eigenvalue weighted by Crippen LogP contribution is 2.28. The van der Waals surface area contributed by atoms with Gasteiger partial charge in [-0.05, 0) is 42.1 Å². The highest BCUT2D eigenvalue weighted by atomic mass is 32.1. The van der Waals surface area contributed by atoms with Crippen molar-refractivity contribution in [2.24, 2.45) is 0 Å². The molecule has 126 valence electrons. The SMILES string of the molecule is COc1ccc(CCNCc2cn[nH]c2-c2cccs2)cc1OC. The van der Waals surface area contributed by atoms with Crippen molar-refractivity contribution in [2.75, 3.05) is 20.8 Å². The number of hydrogen-bond donors (Lipinski definition) is 2. The molecule has 24 heavy (non-hydrogen) atoms. The molecule has 0 spiro atoms. The Kier molecular flexibility index (Phi) is 5.51. The van der Waals surface area contributed by atoms with E-state index in [0.29, 0.717) is 0 Å². The largest absolute Gasteiger partial charge is 0.493 e. The zero-order chi connectivity index (χ0) is 16.8. The third-order valence-electron chi connectivity index (χ3n) is 3.84. The molecule has 0 fully saturated rings. The van der Waals surface area contributed by atoms with Crippen molar-refractivity contribution >= 4 is 11.3 Å². The number of thiophene rings is 1. The van der Waals surface area contributed by atoms with Crippen LogP contribution in [0.25, 0.3) is 10.6 Å². The van der Waals surface area contributed by atoms with Crippen LogP contribution in [0.5, 0.6) is 11.5 Å². The minimum atomic E-state index is 0.758. The third-order valence-corrected chi connectivity index (χ3v) is 4.73. The Morgan fingerprint density at radius 2 is 2.04 bits per heavy atom. The molecule has 0 aliphatic carbocycles. The van der Waals surface area contributed by atoms with Gasteiger partial charge in [0, 0.05) is 12.1 Å². The maximum absolute atomic E-state index is 5.34. The fourth-order valence-electron chi connectivity index (χ4n) is 2.57. The number of ether oxygens (including phenoxy) is 2. The highest BCUT2D eigenvalue weighted by Gasteiger charge is 2.08. The maximum Gasteiger partial charge on any atom is 0.160 e. The van der Waals surface area contributed by atoms with Gasteiger partial charge < -0.3 is 14.8 Å². The smallest absolute Gasteiger partial charge is 0.160 e. The average molecular weight is 343 g/mol. The number of aromatic amines is 1. The first-order valence-electron chi connectivity index (χ1n) is 7.79. The number of rotatable bonds is 8. The topological polar surface area (TPSA) is 59.2 Å². The number of nitrogens with one attached hydrogen (secondary N) is 2. The fraction of sp³-hybridized carbons (Fsp3) is 0.278. The summed E-state index contributed by atoms with van der Waals surface area (Å²) in [5, 5.41) is 12.8. The molecule has 0 aliphatic rings. The second kappa shape index (κ2) is 7.99. The lowest BCUT2D eigenvalue weighted by Gasteiger charge is -2.10. The van der Waals surface area contributed by atoms with Crippen LogP contribution in [0.1, 0.15) is 11.1 Å². The number of hydrogen-bond acceptors (Lipinski definition) is 5. The first kappa shape index (κ1) is 16.5. The van der Waals surface area contributed by atoms with Crippen LogP contribution in [0, 0.1) is 0 Å². The molecule has 0 aliphatic heterocycles. The van der Waals surface area contributed by atoms with Crippen LogP contribution in [0.2, 0.25) is 0 Å². The Bertz CT molecular complexity index is 768. The fourth-order valence-corrected chi connectivity index (χ4v) is 3.33. The second-order valence-corrected chi connectivity index (χ2v) is 6.31. The lowest BCUT2D eigenvalue weighted by molar-refractivity contribution is 0.354. The first-order valence-corrected chi connectivity index (χ1v) is 8.67. The quantitative estimate of drug-likeness (QED) is 0.615. The molecule has 2 aromatic heterocycles. The Labute approximate surface area is 145 Å². The van der Waals surface area contributed by atoms with Crippen LogP contribution >= 0.6 is 11.3 Å². The van der Waals surface area contributed by atoms with Crippen LogP contribution in [-0.2, 0) is 13.0 Å². The Morgan fingerprint density at radius 3 is 2.79 bits per heavy atom. The molecule has 1 aromatic carbocycles. The van der Waals surface area contributed by atoms with Gasteiger partial charge in [-0.2, -0.15) is 5.10 Å². The Morgan fingerprint density at radius 1 is 1.17 bits per heavy atom. The number of aromatic nitrogens is 2. The Hall–Kier alpha value is -2.31. The van der Waals surface area contributed by atoms with E-state index in [1.54, 1.807) is 25.6 Å². The summed E-state index contributed by atoms with van der Waals surface area (Å²) < 4.78 is 10.6. The van der Waals surface area contributed by atoms with Crippen molar-refractivity contribution in [3.63, 3.8) is 0 Å². The van der Waals surface area contributed by atoms with E-state index in [-0.39, 0.29) is 0 Å². The van der Waals surface area contributed by atoms with Crippen molar-refractivity contribution in [2.45, 2.75) is 13.0 Å². The summed E-state index contributed by atoms with van der Waals surface area (Å²) in [7, 11) is 3.31. The molecule has 0 saturated carbocycles. The minimum absolute atomic E-state index is 0.758. The zero-order valence-corrected chi connectivity index (χ0v) is 14.7. The maximum atomic E-state index is 5.34. The van der Waals surface area contributed by atoms with Crippen molar-refractivity contribution in [3.05, 3.63) is 53.0 Å². The molecule has 3 aromatic rings. The predicted octanol–water partition coefficient (Wildman–Crippen LogP) is 3.49. The molecule has 0 amide bonds. The first-order chi connectivity index (χ1) is 11.8. The molecular formula is C18H21N3O2S. The predicted molar refractivity (Wildman–Crippen MR) is 96.9 cm³/mol. The summed E-state index contributed by atoms with van der Waals surface area (Å²) in [6, 6.07) is 10.2. The van der Waals surface area contributed by atoms with Gasteiger partial charge in [0.15, 0.2) is 11.5 Å².